The summed E-state index contributed by atoms with van der Waals surface area (Å²) in [7, 11) is 1.64. The average molecular weight is 222 g/mol. The van der Waals surface area contributed by atoms with Gasteiger partial charge in [0.1, 0.15) is 0 Å². The van der Waals surface area contributed by atoms with Crippen LogP contribution in [0.15, 0.2) is 18.3 Å². The van der Waals surface area contributed by atoms with Gasteiger partial charge in [-0.15, -0.1) is 0 Å². The van der Waals surface area contributed by atoms with Gasteiger partial charge < -0.3 is 10.1 Å². The Hall–Kier alpha value is -1.09. The number of nitrogens with zero attached hydrogens (tertiary/aromatic N) is 1. The molecule has 1 N–H and O–H groups in total. The monoisotopic (exact) mass is 222 g/mol. The number of aromatic nitrogens is 1. The van der Waals surface area contributed by atoms with Crippen molar-refractivity contribution < 1.29 is 4.74 Å². The van der Waals surface area contributed by atoms with E-state index in [1.165, 1.54) is 18.4 Å². The van der Waals surface area contributed by atoms with Gasteiger partial charge in [0.05, 0.1) is 7.11 Å². The van der Waals surface area contributed by atoms with Crippen molar-refractivity contribution >= 4 is 0 Å². The van der Waals surface area contributed by atoms with Gasteiger partial charge in [-0.25, -0.2) is 4.98 Å². The Morgan fingerprint density at radius 1 is 1.38 bits per heavy atom. The van der Waals surface area contributed by atoms with Gasteiger partial charge >= 0.3 is 0 Å². The zero-order chi connectivity index (χ0) is 11.8. The molecule has 0 amide bonds. The smallest absolute Gasteiger partial charge is 0.212 e. The molecule has 0 saturated heterocycles. The molecule has 0 bridgehead atoms. The number of ether oxygens (including phenoxy) is 1. The molecule has 0 aliphatic carbocycles. The van der Waals surface area contributed by atoms with Gasteiger partial charge in [0.25, 0.3) is 0 Å². The first-order valence-corrected chi connectivity index (χ1v) is 6.02. The molecule has 0 aliphatic heterocycles. The van der Waals surface area contributed by atoms with Crippen molar-refractivity contribution in [3.8, 4) is 5.88 Å². The Bertz CT molecular complexity index is 278. The van der Waals surface area contributed by atoms with E-state index in [0.717, 1.165) is 13.0 Å². The summed E-state index contributed by atoms with van der Waals surface area (Å²) in [5.41, 5.74) is 1.26. The van der Waals surface area contributed by atoms with Gasteiger partial charge in [0.15, 0.2) is 0 Å². The summed E-state index contributed by atoms with van der Waals surface area (Å²) in [4.78, 5) is 4.22. The summed E-state index contributed by atoms with van der Waals surface area (Å²) >= 11 is 0. The summed E-state index contributed by atoms with van der Waals surface area (Å²) in [5, 5.41) is 3.50. The standard InChI is InChI=1S/C13H22N2O/c1-4-6-12(14-5-2)9-11-7-8-13(16-3)15-10-11/h7-8,10,12,14H,4-6,9H2,1-3H3. The van der Waals surface area contributed by atoms with E-state index in [1.54, 1.807) is 7.11 Å². The molecule has 1 rings (SSSR count). The fourth-order valence-electron chi connectivity index (χ4n) is 1.85. The number of likely N-dealkylation sites (N-methyl/N-ethyl adjacent to an activating group) is 1. The first-order chi connectivity index (χ1) is 7.80. The first kappa shape index (κ1) is 13.0. The van der Waals surface area contributed by atoms with E-state index >= 15 is 0 Å². The Kier molecular flexibility index (Phi) is 5.86. The third-order valence-electron chi connectivity index (χ3n) is 2.62. The van der Waals surface area contributed by atoms with Crippen LogP contribution in [0.2, 0.25) is 0 Å². The van der Waals surface area contributed by atoms with Crippen LogP contribution in [-0.2, 0) is 6.42 Å². The van der Waals surface area contributed by atoms with E-state index in [1.807, 2.05) is 12.3 Å². The second kappa shape index (κ2) is 7.23. The van der Waals surface area contributed by atoms with Crippen molar-refractivity contribution in [1.29, 1.82) is 0 Å². The second-order valence-corrected chi connectivity index (χ2v) is 3.96. The fraction of sp³-hybridized carbons (Fsp3) is 0.615. The summed E-state index contributed by atoms with van der Waals surface area (Å²) in [6, 6.07) is 4.57. The predicted octanol–water partition coefficient (Wildman–Crippen LogP) is 2.41. The minimum absolute atomic E-state index is 0.560. The van der Waals surface area contributed by atoms with Crippen molar-refractivity contribution in [2.75, 3.05) is 13.7 Å². The van der Waals surface area contributed by atoms with E-state index in [0.29, 0.717) is 11.9 Å². The molecule has 1 aromatic heterocycles. The van der Waals surface area contributed by atoms with Crippen LogP contribution in [0.4, 0.5) is 0 Å². The first-order valence-electron chi connectivity index (χ1n) is 6.02. The molecule has 3 heteroatoms. The third kappa shape index (κ3) is 4.19. The third-order valence-corrected chi connectivity index (χ3v) is 2.62. The zero-order valence-electron chi connectivity index (χ0n) is 10.5. The van der Waals surface area contributed by atoms with Crippen LogP contribution < -0.4 is 10.1 Å². The lowest BCUT2D eigenvalue weighted by molar-refractivity contribution is 0.397. The summed E-state index contributed by atoms with van der Waals surface area (Å²) < 4.78 is 5.04. The minimum atomic E-state index is 0.560. The van der Waals surface area contributed by atoms with Crippen LogP contribution in [0.5, 0.6) is 5.88 Å². The number of nitrogens with one attached hydrogen (secondary N) is 1. The van der Waals surface area contributed by atoms with E-state index in [2.05, 4.69) is 30.2 Å². The van der Waals surface area contributed by atoms with Crippen molar-refractivity contribution in [3.63, 3.8) is 0 Å². The highest BCUT2D eigenvalue weighted by Gasteiger charge is 2.07. The number of hydrogen-bond acceptors (Lipinski definition) is 3. The van der Waals surface area contributed by atoms with E-state index in [4.69, 9.17) is 4.74 Å². The minimum Gasteiger partial charge on any atom is -0.481 e. The molecule has 0 saturated carbocycles. The fourth-order valence-corrected chi connectivity index (χ4v) is 1.85. The normalized spacial score (nSPS) is 12.4. The lowest BCUT2D eigenvalue weighted by Gasteiger charge is -2.16. The quantitative estimate of drug-likeness (QED) is 0.769. The molecular weight excluding hydrogens is 200 g/mol. The largest absolute Gasteiger partial charge is 0.481 e. The molecule has 0 radical (unpaired) electrons. The van der Waals surface area contributed by atoms with Crippen LogP contribution >= 0.6 is 0 Å². The van der Waals surface area contributed by atoms with E-state index in [-0.39, 0.29) is 0 Å². The molecular formula is C13H22N2O. The molecule has 90 valence electrons. The van der Waals surface area contributed by atoms with Crippen LogP contribution in [-0.4, -0.2) is 24.7 Å². The Morgan fingerprint density at radius 3 is 2.69 bits per heavy atom. The molecule has 1 unspecified atom stereocenters. The number of pyridine rings is 1. The van der Waals surface area contributed by atoms with Crippen LogP contribution in [0, 0.1) is 0 Å². The maximum Gasteiger partial charge on any atom is 0.212 e. The van der Waals surface area contributed by atoms with Gasteiger partial charge in [0, 0.05) is 18.3 Å². The lowest BCUT2D eigenvalue weighted by Crippen LogP contribution is -2.30. The van der Waals surface area contributed by atoms with Crippen molar-refractivity contribution in [1.82, 2.24) is 10.3 Å². The van der Waals surface area contributed by atoms with Gasteiger partial charge in [-0.1, -0.05) is 26.3 Å². The second-order valence-electron chi connectivity index (χ2n) is 3.96. The molecule has 0 spiro atoms. The highest BCUT2D eigenvalue weighted by atomic mass is 16.5. The summed E-state index contributed by atoms with van der Waals surface area (Å²) in [6.45, 7) is 5.39. The van der Waals surface area contributed by atoms with Gasteiger partial charge in [0.2, 0.25) is 5.88 Å². The lowest BCUT2D eigenvalue weighted by atomic mass is 10.0. The summed E-state index contributed by atoms with van der Waals surface area (Å²) in [6.07, 6.45) is 5.36. The SMILES string of the molecule is CCCC(Cc1ccc(OC)nc1)NCC. The van der Waals surface area contributed by atoms with Gasteiger partial charge in [-0.05, 0) is 24.9 Å². The number of rotatable bonds is 7. The molecule has 1 atom stereocenters. The molecule has 0 aromatic carbocycles. The molecule has 1 heterocycles. The maximum absolute atomic E-state index is 5.04. The molecule has 0 aliphatic rings. The van der Waals surface area contributed by atoms with Crippen LogP contribution in [0.3, 0.4) is 0 Å². The Labute approximate surface area is 98.2 Å². The van der Waals surface area contributed by atoms with Gasteiger partial charge in [-0.2, -0.15) is 0 Å². The average Bonchev–Trinajstić information content (AvgIpc) is 2.31. The highest BCUT2D eigenvalue weighted by molar-refractivity contribution is 5.18. The van der Waals surface area contributed by atoms with E-state index in [9.17, 15) is 0 Å². The van der Waals surface area contributed by atoms with Crippen molar-refractivity contribution in [2.24, 2.45) is 0 Å². The highest BCUT2D eigenvalue weighted by Crippen LogP contribution is 2.10. The van der Waals surface area contributed by atoms with Crippen molar-refractivity contribution in [2.45, 2.75) is 39.2 Å². The zero-order valence-corrected chi connectivity index (χ0v) is 10.5. The number of methoxy groups -OCH3 is 1. The van der Waals surface area contributed by atoms with Crippen LogP contribution in [0.25, 0.3) is 0 Å². The van der Waals surface area contributed by atoms with Crippen molar-refractivity contribution in [3.05, 3.63) is 23.9 Å². The topological polar surface area (TPSA) is 34.1 Å². The Balaban J connectivity index is 2.54. The molecule has 0 fully saturated rings. The number of hydrogen-bond donors (Lipinski definition) is 1. The summed E-state index contributed by atoms with van der Waals surface area (Å²) in [5.74, 6) is 0.680. The molecule has 1 aromatic rings. The van der Waals surface area contributed by atoms with Gasteiger partial charge in [-0.3, -0.25) is 0 Å². The predicted molar refractivity (Wildman–Crippen MR) is 66.9 cm³/mol. The van der Waals surface area contributed by atoms with E-state index < -0.39 is 0 Å². The molecule has 3 nitrogen and oxygen atoms in total. The maximum atomic E-state index is 5.04. The molecule has 16 heavy (non-hydrogen) atoms. The Morgan fingerprint density at radius 2 is 2.19 bits per heavy atom. The van der Waals surface area contributed by atoms with Crippen LogP contribution in [0.1, 0.15) is 32.3 Å².